The molecule has 7 N–H and O–H groups in total. The summed E-state index contributed by atoms with van der Waals surface area (Å²) in [4.78, 5) is 12.0. The molecule has 0 amide bonds. The molecule has 0 radical (unpaired) electrons. The van der Waals surface area contributed by atoms with E-state index in [1.54, 1.807) is 0 Å². The van der Waals surface area contributed by atoms with E-state index in [0.29, 0.717) is 11.2 Å². The summed E-state index contributed by atoms with van der Waals surface area (Å²) in [6, 6.07) is 0. The molecule has 2 aliphatic heterocycles. The Balaban J connectivity index is 1.45. The van der Waals surface area contributed by atoms with E-state index in [1.165, 1.54) is 17.2 Å². The molecule has 28 heavy (non-hydrogen) atoms. The Bertz CT molecular complexity index is 836. The maximum Gasteiger partial charge on any atom is 0.186 e. The van der Waals surface area contributed by atoms with Gasteiger partial charge in [-0.3, -0.25) is 4.57 Å². The van der Waals surface area contributed by atoms with Gasteiger partial charge in [-0.25, -0.2) is 15.0 Å². The van der Waals surface area contributed by atoms with Crippen molar-refractivity contribution >= 4 is 17.0 Å². The second kappa shape index (κ2) is 7.46. The number of ether oxygens (including phenoxy) is 3. The Hall–Kier alpha value is -1.97. The van der Waals surface area contributed by atoms with Crippen LogP contribution in [-0.4, -0.2) is 101 Å². The molecule has 0 saturated carbocycles. The van der Waals surface area contributed by atoms with Gasteiger partial charge in [-0.05, 0) is 0 Å². The highest BCUT2D eigenvalue weighted by atomic mass is 16.7. The largest absolute Gasteiger partial charge is 0.394 e. The van der Waals surface area contributed by atoms with Crippen LogP contribution in [0.1, 0.15) is 6.23 Å². The molecule has 2 aromatic heterocycles. The average Bonchev–Trinajstić information content (AvgIpc) is 3.32. The minimum atomic E-state index is -1.37. The van der Waals surface area contributed by atoms with Crippen molar-refractivity contribution in [3.05, 3.63) is 12.7 Å². The van der Waals surface area contributed by atoms with Crippen molar-refractivity contribution in [3.8, 4) is 0 Å². The molecular formula is C15H21N5O8. The number of hydrogen-bond donors (Lipinski definition) is 6. The minimum Gasteiger partial charge on any atom is -0.394 e. The number of nitrogen functional groups attached to an aromatic ring is 1. The molecule has 2 fully saturated rings. The molecule has 0 bridgehead atoms. The van der Waals surface area contributed by atoms with E-state index in [0.717, 1.165) is 0 Å². The third-order valence-electron chi connectivity index (χ3n) is 4.92. The zero-order valence-corrected chi connectivity index (χ0v) is 14.5. The first-order chi connectivity index (χ1) is 13.4. The van der Waals surface area contributed by atoms with Crippen molar-refractivity contribution in [1.29, 1.82) is 0 Å². The van der Waals surface area contributed by atoms with Crippen molar-refractivity contribution in [2.75, 3.05) is 18.9 Å². The monoisotopic (exact) mass is 399 g/mol. The predicted molar refractivity (Wildman–Crippen MR) is 89.4 cm³/mol. The lowest BCUT2D eigenvalue weighted by molar-refractivity contribution is -0.190. The smallest absolute Gasteiger partial charge is 0.186 e. The zero-order valence-electron chi connectivity index (χ0n) is 14.5. The molecule has 8 atom stereocenters. The summed E-state index contributed by atoms with van der Waals surface area (Å²) in [6.45, 7) is -0.731. The molecule has 4 rings (SSSR count). The number of nitrogens with zero attached hydrogens (tertiary/aromatic N) is 4. The normalized spacial score (nSPS) is 38.5. The van der Waals surface area contributed by atoms with Crippen LogP contribution in [0.2, 0.25) is 0 Å². The van der Waals surface area contributed by atoms with Crippen LogP contribution < -0.4 is 5.73 Å². The van der Waals surface area contributed by atoms with Gasteiger partial charge < -0.3 is 45.5 Å². The molecule has 4 heterocycles. The van der Waals surface area contributed by atoms with Crippen LogP contribution in [0.4, 0.5) is 5.82 Å². The van der Waals surface area contributed by atoms with Crippen molar-refractivity contribution < 1.29 is 39.7 Å². The predicted octanol–water partition coefficient (Wildman–Crippen LogP) is -3.52. The lowest BCUT2D eigenvalue weighted by Crippen LogP contribution is -2.38. The highest BCUT2D eigenvalue weighted by Gasteiger charge is 2.47. The first-order valence-electron chi connectivity index (χ1n) is 8.61. The van der Waals surface area contributed by atoms with Gasteiger partial charge in [0, 0.05) is 0 Å². The van der Waals surface area contributed by atoms with Gasteiger partial charge in [-0.15, -0.1) is 0 Å². The molecule has 13 heteroatoms. The van der Waals surface area contributed by atoms with Gasteiger partial charge >= 0.3 is 0 Å². The molecule has 2 saturated heterocycles. The first-order valence-corrected chi connectivity index (χ1v) is 8.61. The molecule has 13 nitrogen and oxygen atoms in total. The van der Waals surface area contributed by atoms with Gasteiger partial charge in [0.25, 0.3) is 0 Å². The van der Waals surface area contributed by atoms with Crippen LogP contribution in [0.25, 0.3) is 11.2 Å². The van der Waals surface area contributed by atoms with Gasteiger partial charge in [0.2, 0.25) is 0 Å². The molecule has 154 valence electrons. The van der Waals surface area contributed by atoms with Crippen LogP contribution in [-0.2, 0) is 14.2 Å². The lowest BCUT2D eigenvalue weighted by Gasteiger charge is -2.20. The van der Waals surface area contributed by atoms with E-state index < -0.39 is 55.7 Å². The molecular weight excluding hydrogens is 378 g/mol. The summed E-state index contributed by atoms with van der Waals surface area (Å²) in [6.07, 6.45) is -6.83. The standard InChI is InChI=1S/C15H21N5O8/c16-12-7-13(18-3-17-12)20(4-19-7)14-10(24)9(23)6(27-14)2-26-15-11(25)8(22)5(1-21)28-15/h3-6,8-11,14-15,21-25H,1-2H2,(H2,16,17,18)/t5-,6-,8-,9-,10-,11+,14-,15?/m1/s1. The third-order valence-corrected chi connectivity index (χ3v) is 4.92. The van der Waals surface area contributed by atoms with E-state index in [4.69, 9.17) is 25.1 Å². The Morgan fingerprint density at radius 3 is 2.46 bits per heavy atom. The van der Waals surface area contributed by atoms with Crippen molar-refractivity contribution in [2.24, 2.45) is 0 Å². The molecule has 0 aliphatic carbocycles. The lowest BCUT2D eigenvalue weighted by atomic mass is 10.1. The van der Waals surface area contributed by atoms with E-state index in [1.807, 2.05) is 0 Å². The number of aliphatic hydroxyl groups excluding tert-OH is 5. The second-order valence-corrected chi connectivity index (χ2v) is 6.67. The molecule has 2 aromatic rings. The van der Waals surface area contributed by atoms with E-state index in [9.17, 15) is 20.4 Å². The van der Waals surface area contributed by atoms with Gasteiger partial charge in [-0.2, -0.15) is 0 Å². The summed E-state index contributed by atoms with van der Waals surface area (Å²) in [7, 11) is 0. The Morgan fingerprint density at radius 1 is 1.00 bits per heavy atom. The average molecular weight is 399 g/mol. The number of aromatic nitrogens is 4. The number of anilines is 1. The van der Waals surface area contributed by atoms with Crippen molar-refractivity contribution in [2.45, 2.75) is 49.1 Å². The van der Waals surface area contributed by atoms with Crippen LogP contribution in [0.15, 0.2) is 12.7 Å². The third kappa shape index (κ3) is 3.11. The van der Waals surface area contributed by atoms with Crippen LogP contribution in [0, 0.1) is 0 Å². The quantitative estimate of drug-likeness (QED) is 0.290. The van der Waals surface area contributed by atoms with Gasteiger partial charge in [0.1, 0.15) is 48.5 Å². The molecule has 2 aliphatic rings. The SMILES string of the molecule is Nc1ncnc2c1ncn2[C@@H]1O[C@H](COC2O[C@H](CO)[C@@H](O)[C@@H]2O)[C@@H](O)[C@H]1O. The maximum absolute atomic E-state index is 10.4. The van der Waals surface area contributed by atoms with Crippen molar-refractivity contribution in [1.82, 2.24) is 19.5 Å². The fourth-order valence-electron chi connectivity index (χ4n) is 3.35. The fourth-order valence-corrected chi connectivity index (χ4v) is 3.35. The minimum absolute atomic E-state index is 0.168. The van der Waals surface area contributed by atoms with Gasteiger partial charge in [0.05, 0.1) is 19.5 Å². The summed E-state index contributed by atoms with van der Waals surface area (Å²) in [5.74, 6) is 0.168. The summed E-state index contributed by atoms with van der Waals surface area (Å²) < 4.78 is 17.7. The number of imidazole rings is 1. The number of hydrogen-bond acceptors (Lipinski definition) is 12. The number of fused-ring (bicyclic) bond motifs is 1. The highest BCUT2D eigenvalue weighted by molar-refractivity contribution is 5.81. The van der Waals surface area contributed by atoms with Crippen molar-refractivity contribution in [3.63, 3.8) is 0 Å². The number of nitrogens with two attached hydrogens (primary N) is 1. The second-order valence-electron chi connectivity index (χ2n) is 6.67. The molecule has 0 spiro atoms. The number of aliphatic hydroxyl groups is 5. The van der Waals surface area contributed by atoms with Crippen LogP contribution in [0.5, 0.6) is 0 Å². The zero-order chi connectivity index (χ0) is 20.0. The fraction of sp³-hybridized carbons (Fsp3) is 0.667. The summed E-state index contributed by atoms with van der Waals surface area (Å²) in [5, 5.41) is 49.4. The Kier molecular flexibility index (Phi) is 5.15. The van der Waals surface area contributed by atoms with E-state index in [-0.39, 0.29) is 12.4 Å². The summed E-state index contributed by atoms with van der Waals surface area (Å²) in [5.41, 5.74) is 6.41. The molecule has 1 unspecified atom stereocenters. The highest BCUT2D eigenvalue weighted by Crippen LogP contribution is 2.33. The van der Waals surface area contributed by atoms with Crippen LogP contribution in [0.3, 0.4) is 0 Å². The Labute approximate surface area is 157 Å². The maximum atomic E-state index is 10.4. The number of rotatable bonds is 5. The first kappa shape index (κ1) is 19.4. The van der Waals surface area contributed by atoms with E-state index in [2.05, 4.69) is 15.0 Å². The van der Waals surface area contributed by atoms with Crippen LogP contribution >= 0.6 is 0 Å². The van der Waals surface area contributed by atoms with Gasteiger partial charge in [-0.1, -0.05) is 0 Å². The molecule has 0 aromatic carbocycles. The summed E-state index contributed by atoms with van der Waals surface area (Å²) >= 11 is 0. The Morgan fingerprint density at radius 2 is 1.75 bits per heavy atom. The van der Waals surface area contributed by atoms with Gasteiger partial charge in [0.15, 0.2) is 24.0 Å². The topological polar surface area (TPSA) is 198 Å². The van der Waals surface area contributed by atoms with E-state index >= 15 is 0 Å².